The molecule has 0 aliphatic carbocycles. The Bertz CT molecular complexity index is 615. The molecule has 0 fully saturated rings. The van der Waals surface area contributed by atoms with Crippen molar-refractivity contribution in [3.8, 4) is 0 Å². The van der Waals surface area contributed by atoms with Gasteiger partial charge in [-0.05, 0) is 12.8 Å². The number of hydrogen-bond acceptors (Lipinski definition) is 4. The van der Waals surface area contributed by atoms with E-state index in [-0.39, 0.29) is 12.5 Å². The quantitative estimate of drug-likeness (QED) is 0.0491. The Morgan fingerprint density at radius 3 is 1.02 bits per heavy atom. The molecule has 1 amide bonds. The zero-order valence-electron chi connectivity index (χ0n) is 31.9. The lowest BCUT2D eigenvalue weighted by Gasteiger charge is -2.26. The molecule has 0 aromatic carbocycles. The Labute approximate surface area is 294 Å². The number of unbranched alkanes of at least 4 members (excludes halogenated alkanes) is 31. The van der Waals surface area contributed by atoms with E-state index in [0.717, 1.165) is 38.5 Å². The summed E-state index contributed by atoms with van der Waals surface area (Å²) in [5.74, 6) is -0.142. The molecule has 0 aromatic rings. The van der Waals surface area contributed by atoms with Crippen LogP contribution in [0.2, 0.25) is 0 Å². The first-order valence-electron chi connectivity index (χ1n) is 21.3. The van der Waals surface area contributed by atoms with Gasteiger partial charge < -0.3 is 20.6 Å². The Balaban J connectivity index is 3.50. The molecule has 47 heavy (non-hydrogen) atoms. The first-order valence-corrected chi connectivity index (χ1v) is 21.3. The number of rotatable bonds is 39. The van der Waals surface area contributed by atoms with Crippen LogP contribution in [0.4, 0.5) is 0 Å². The maximum absolute atomic E-state index is 12.4. The van der Waals surface area contributed by atoms with Gasteiger partial charge in [0.1, 0.15) is 6.10 Å². The standard InChI is InChI=1S/C42H85NO4/c1-3-5-7-9-11-13-14-15-16-17-18-19-20-21-22-23-24-25-26-27-29-31-33-35-37-41(46)43-39(38-44)42(47)40(45)36-34-32-30-28-12-10-8-6-4-2/h39-40,42,44-45,47H,3-38H2,1-2H3,(H,43,46). The van der Waals surface area contributed by atoms with Crippen molar-refractivity contribution in [1.29, 1.82) is 0 Å². The Hall–Kier alpha value is -0.650. The summed E-state index contributed by atoms with van der Waals surface area (Å²) in [5, 5.41) is 33.3. The van der Waals surface area contributed by atoms with Crippen LogP contribution in [0.25, 0.3) is 0 Å². The summed E-state index contributed by atoms with van der Waals surface area (Å²) in [4.78, 5) is 12.4. The van der Waals surface area contributed by atoms with E-state index >= 15 is 0 Å². The zero-order chi connectivity index (χ0) is 34.5. The van der Waals surface area contributed by atoms with E-state index in [1.807, 2.05) is 0 Å². The van der Waals surface area contributed by atoms with Crippen molar-refractivity contribution in [2.75, 3.05) is 6.61 Å². The van der Waals surface area contributed by atoms with Gasteiger partial charge in [-0.2, -0.15) is 0 Å². The molecule has 0 radical (unpaired) electrons. The number of amides is 1. The summed E-state index contributed by atoms with van der Waals surface area (Å²) in [5.41, 5.74) is 0. The van der Waals surface area contributed by atoms with Crippen LogP contribution in [0.3, 0.4) is 0 Å². The summed E-state index contributed by atoms with van der Waals surface area (Å²) in [6, 6.07) is -0.801. The van der Waals surface area contributed by atoms with E-state index < -0.39 is 18.2 Å². The average molecular weight is 668 g/mol. The van der Waals surface area contributed by atoms with Gasteiger partial charge >= 0.3 is 0 Å². The second-order valence-electron chi connectivity index (χ2n) is 14.9. The summed E-state index contributed by atoms with van der Waals surface area (Å²) in [6.45, 7) is 4.17. The second-order valence-corrected chi connectivity index (χ2v) is 14.9. The van der Waals surface area contributed by atoms with E-state index in [4.69, 9.17) is 0 Å². The van der Waals surface area contributed by atoms with Gasteiger partial charge in [-0.1, -0.05) is 219 Å². The zero-order valence-corrected chi connectivity index (χ0v) is 31.9. The highest BCUT2D eigenvalue weighted by Crippen LogP contribution is 2.17. The van der Waals surface area contributed by atoms with Gasteiger partial charge in [0.2, 0.25) is 5.91 Å². The van der Waals surface area contributed by atoms with Crippen LogP contribution in [-0.2, 0) is 4.79 Å². The van der Waals surface area contributed by atoms with Crippen molar-refractivity contribution in [3.05, 3.63) is 0 Å². The number of nitrogens with one attached hydrogen (secondary N) is 1. The molecule has 0 bridgehead atoms. The van der Waals surface area contributed by atoms with Crippen LogP contribution in [0.5, 0.6) is 0 Å². The molecule has 4 N–H and O–H groups in total. The molecular weight excluding hydrogens is 582 g/mol. The normalized spacial score (nSPS) is 13.6. The highest BCUT2D eigenvalue weighted by molar-refractivity contribution is 5.76. The van der Waals surface area contributed by atoms with Gasteiger partial charge in [0.15, 0.2) is 0 Å². The predicted molar refractivity (Wildman–Crippen MR) is 204 cm³/mol. The van der Waals surface area contributed by atoms with Crippen LogP contribution in [0.1, 0.15) is 239 Å². The first kappa shape index (κ1) is 46.4. The van der Waals surface area contributed by atoms with Gasteiger partial charge in [0.05, 0.1) is 18.8 Å². The molecule has 3 atom stereocenters. The SMILES string of the molecule is CCCCCCCCCCCCCCCCCCCCCCCCCCC(=O)NC(CO)C(O)C(O)CCCCCCCCCCC. The second kappa shape index (κ2) is 38.2. The highest BCUT2D eigenvalue weighted by Gasteiger charge is 2.26. The fourth-order valence-corrected chi connectivity index (χ4v) is 6.87. The van der Waals surface area contributed by atoms with E-state index in [2.05, 4.69) is 19.2 Å². The molecule has 5 nitrogen and oxygen atoms in total. The van der Waals surface area contributed by atoms with Crippen molar-refractivity contribution in [3.63, 3.8) is 0 Å². The number of carbonyl (C=O) groups is 1. The fraction of sp³-hybridized carbons (Fsp3) is 0.976. The van der Waals surface area contributed by atoms with Crippen molar-refractivity contribution in [2.45, 2.75) is 257 Å². The number of aliphatic hydroxyl groups excluding tert-OH is 3. The van der Waals surface area contributed by atoms with E-state index in [1.165, 1.54) is 173 Å². The van der Waals surface area contributed by atoms with Crippen molar-refractivity contribution in [2.24, 2.45) is 0 Å². The minimum atomic E-state index is -1.13. The molecule has 0 aliphatic rings. The topological polar surface area (TPSA) is 89.8 Å². The smallest absolute Gasteiger partial charge is 0.220 e. The number of aliphatic hydroxyl groups is 3. The highest BCUT2D eigenvalue weighted by atomic mass is 16.3. The molecule has 0 saturated carbocycles. The Morgan fingerprint density at radius 2 is 0.723 bits per heavy atom. The maximum Gasteiger partial charge on any atom is 0.220 e. The van der Waals surface area contributed by atoms with Crippen LogP contribution in [0, 0.1) is 0 Å². The summed E-state index contributed by atoms with van der Waals surface area (Å²) in [6.07, 6.45) is 42.2. The molecule has 0 saturated heterocycles. The summed E-state index contributed by atoms with van der Waals surface area (Å²) < 4.78 is 0. The molecular formula is C42H85NO4. The van der Waals surface area contributed by atoms with Crippen LogP contribution >= 0.6 is 0 Å². The van der Waals surface area contributed by atoms with Gasteiger partial charge in [0.25, 0.3) is 0 Å². The molecule has 0 heterocycles. The average Bonchev–Trinajstić information content (AvgIpc) is 3.07. The lowest BCUT2D eigenvalue weighted by atomic mass is 9.99. The minimum absolute atomic E-state index is 0.142. The minimum Gasteiger partial charge on any atom is -0.394 e. The third kappa shape index (κ3) is 33.6. The van der Waals surface area contributed by atoms with Crippen LogP contribution < -0.4 is 5.32 Å². The third-order valence-corrected chi connectivity index (χ3v) is 10.2. The van der Waals surface area contributed by atoms with Crippen LogP contribution in [-0.4, -0.2) is 46.1 Å². The molecule has 0 spiro atoms. The van der Waals surface area contributed by atoms with Gasteiger partial charge in [-0.15, -0.1) is 0 Å². The van der Waals surface area contributed by atoms with E-state index in [0.29, 0.717) is 12.8 Å². The molecule has 0 aromatic heterocycles. The van der Waals surface area contributed by atoms with Crippen molar-refractivity contribution >= 4 is 5.91 Å². The molecule has 0 aliphatic heterocycles. The number of hydrogen-bond donors (Lipinski definition) is 4. The number of carbonyl (C=O) groups excluding carboxylic acids is 1. The van der Waals surface area contributed by atoms with Crippen LogP contribution in [0.15, 0.2) is 0 Å². The summed E-state index contributed by atoms with van der Waals surface area (Å²) in [7, 11) is 0. The fourth-order valence-electron chi connectivity index (χ4n) is 6.87. The Kier molecular flexibility index (Phi) is 37.6. The van der Waals surface area contributed by atoms with Crippen molar-refractivity contribution in [1.82, 2.24) is 5.32 Å². The largest absolute Gasteiger partial charge is 0.394 e. The van der Waals surface area contributed by atoms with Gasteiger partial charge in [0, 0.05) is 6.42 Å². The van der Waals surface area contributed by atoms with Gasteiger partial charge in [-0.25, -0.2) is 0 Å². The van der Waals surface area contributed by atoms with E-state index in [1.54, 1.807) is 0 Å². The van der Waals surface area contributed by atoms with E-state index in [9.17, 15) is 20.1 Å². The molecule has 0 rings (SSSR count). The molecule has 3 unspecified atom stereocenters. The lowest BCUT2D eigenvalue weighted by molar-refractivity contribution is -0.124. The third-order valence-electron chi connectivity index (χ3n) is 10.2. The van der Waals surface area contributed by atoms with Gasteiger partial charge in [-0.3, -0.25) is 4.79 Å². The monoisotopic (exact) mass is 668 g/mol. The summed E-state index contributed by atoms with van der Waals surface area (Å²) >= 11 is 0. The Morgan fingerprint density at radius 1 is 0.447 bits per heavy atom. The molecule has 5 heteroatoms. The van der Waals surface area contributed by atoms with Crippen molar-refractivity contribution < 1.29 is 20.1 Å². The maximum atomic E-state index is 12.4. The predicted octanol–water partition coefficient (Wildman–Crippen LogP) is 11.9. The first-order chi connectivity index (χ1) is 23.1. The lowest BCUT2D eigenvalue weighted by Crippen LogP contribution is -2.50. The molecule has 282 valence electrons.